The summed E-state index contributed by atoms with van der Waals surface area (Å²) >= 11 is 1.89. The van der Waals surface area contributed by atoms with Gasteiger partial charge in [0.1, 0.15) is 17.5 Å². The van der Waals surface area contributed by atoms with Crippen molar-refractivity contribution >= 4 is 23.5 Å². The quantitative estimate of drug-likeness (QED) is 0.430. The van der Waals surface area contributed by atoms with Gasteiger partial charge < -0.3 is 4.74 Å². The summed E-state index contributed by atoms with van der Waals surface area (Å²) in [5.41, 5.74) is 3.72. The highest BCUT2D eigenvalue weighted by Gasteiger charge is 2.47. The molecule has 3 fully saturated rings. The lowest BCUT2D eigenvalue weighted by molar-refractivity contribution is -0.138. The standard InChI is InChI=1S/C24H29NO3S/c1-4-5-18-10-16(2)22(17(3)11-18)23-20(26)12-24(13-21(23)27)6-8-25(9-7-24)29-19-14-28-15-19/h10-11,19,23H,6-9,12-15H2,1-3H3. The molecule has 0 unspecified atom stereocenters. The molecular formula is C24H29NO3S. The molecular weight excluding hydrogens is 382 g/mol. The number of ketones is 2. The van der Waals surface area contributed by atoms with Gasteiger partial charge in [-0.05, 0) is 67.9 Å². The van der Waals surface area contributed by atoms with Gasteiger partial charge in [-0.1, -0.05) is 17.9 Å². The van der Waals surface area contributed by atoms with E-state index in [9.17, 15) is 9.59 Å². The van der Waals surface area contributed by atoms with Crippen molar-refractivity contribution < 1.29 is 14.3 Å². The van der Waals surface area contributed by atoms with Crippen LogP contribution >= 0.6 is 11.9 Å². The average molecular weight is 412 g/mol. The van der Waals surface area contributed by atoms with Crippen LogP contribution in [0, 0.1) is 31.1 Å². The predicted molar refractivity (Wildman–Crippen MR) is 116 cm³/mol. The summed E-state index contributed by atoms with van der Waals surface area (Å²) < 4.78 is 7.67. The number of piperidine rings is 1. The van der Waals surface area contributed by atoms with Crippen LogP contribution in [-0.4, -0.2) is 47.4 Å². The maximum Gasteiger partial charge on any atom is 0.148 e. The number of benzene rings is 1. The van der Waals surface area contributed by atoms with Crippen LogP contribution in [0.4, 0.5) is 0 Å². The monoisotopic (exact) mass is 411 g/mol. The largest absolute Gasteiger partial charge is 0.379 e. The van der Waals surface area contributed by atoms with Gasteiger partial charge in [-0.25, -0.2) is 0 Å². The summed E-state index contributed by atoms with van der Waals surface area (Å²) in [6.45, 7) is 9.39. The Morgan fingerprint density at radius 2 is 1.66 bits per heavy atom. The van der Waals surface area contributed by atoms with E-state index in [4.69, 9.17) is 4.74 Å². The van der Waals surface area contributed by atoms with Gasteiger partial charge in [-0.15, -0.1) is 5.92 Å². The summed E-state index contributed by atoms with van der Waals surface area (Å²) in [4.78, 5) is 26.4. The molecule has 0 aromatic heterocycles. The number of nitrogens with zero attached hydrogens (tertiary/aromatic N) is 1. The number of rotatable bonds is 3. The lowest BCUT2D eigenvalue weighted by Crippen LogP contribution is -2.46. The van der Waals surface area contributed by atoms with Crippen LogP contribution in [-0.2, 0) is 14.3 Å². The fourth-order valence-corrected chi connectivity index (χ4v) is 6.19. The smallest absolute Gasteiger partial charge is 0.148 e. The second kappa shape index (κ2) is 8.26. The molecule has 0 radical (unpaired) electrons. The van der Waals surface area contributed by atoms with E-state index in [0.29, 0.717) is 18.1 Å². The highest BCUT2D eigenvalue weighted by Crippen LogP contribution is 2.47. The number of Topliss-reactive ketones (excluding diaryl/α,β-unsaturated/α-hetero) is 2. The topological polar surface area (TPSA) is 46.6 Å². The minimum atomic E-state index is -0.594. The molecule has 0 N–H and O–H groups in total. The Labute approximate surface area is 177 Å². The van der Waals surface area contributed by atoms with E-state index in [2.05, 4.69) is 16.1 Å². The van der Waals surface area contributed by atoms with Crippen molar-refractivity contribution in [2.45, 2.75) is 57.6 Å². The first-order valence-electron chi connectivity index (χ1n) is 10.5. The fraction of sp³-hybridized carbons (Fsp3) is 0.583. The number of aryl methyl sites for hydroxylation is 2. The zero-order valence-corrected chi connectivity index (χ0v) is 18.4. The summed E-state index contributed by atoms with van der Waals surface area (Å²) in [7, 11) is 0. The van der Waals surface area contributed by atoms with Crippen LogP contribution < -0.4 is 0 Å². The van der Waals surface area contributed by atoms with Crippen LogP contribution in [0.1, 0.15) is 60.8 Å². The summed E-state index contributed by atoms with van der Waals surface area (Å²) in [5.74, 6) is 5.62. The first-order valence-corrected chi connectivity index (χ1v) is 11.3. The van der Waals surface area contributed by atoms with E-state index in [1.807, 2.05) is 44.9 Å². The summed E-state index contributed by atoms with van der Waals surface area (Å²) in [6, 6.07) is 4.01. The summed E-state index contributed by atoms with van der Waals surface area (Å²) in [5, 5.41) is 0.578. The van der Waals surface area contributed by atoms with Gasteiger partial charge in [0.15, 0.2) is 0 Å². The average Bonchev–Trinajstić information content (AvgIpc) is 2.62. The molecule has 1 spiro atoms. The number of hydrogen-bond acceptors (Lipinski definition) is 5. The van der Waals surface area contributed by atoms with E-state index in [1.54, 1.807) is 0 Å². The van der Waals surface area contributed by atoms with Gasteiger partial charge in [0.25, 0.3) is 0 Å². The van der Waals surface area contributed by atoms with Crippen molar-refractivity contribution in [1.29, 1.82) is 0 Å². The normalized spacial score (nSPS) is 23.0. The number of ether oxygens (including phenoxy) is 1. The number of carbonyl (C=O) groups excluding carboxylic acids is 2. The van der Waals surface area contributed by atoms with Crippen LogP contribution in [0.3, 0.4) is 0 Å². The zero-order valence-electron chi connectivity index (χ0n) is 17.5. The van der Waals surface area contributed by atoms with Crippen molar-refractivity contribution in [3.8, 4) is 11.8 Å². The molecule has 0 atom stereocenters. The van der Waals surface area contributed by atoms with E-state index < -0.39 is 5.92 Å². The van der Waals surface area contributed by atoms with Gasteiger partial charge in [0, 0.05) is 31.5 Å². The maximum atomic E-state index is 13.2. The first kappa shape index (κ1) is 20.7. The van der Waals surface area contributed by atoms with Crippen molar-refractivity contribution in [3.63, 3.8) is 0 Å². The third-order valence-electron chi connectivity index (χ3n) is 6.58. The molecule has 3 aliphatic rings. The second-order valence-electron chi connectivity index (χ2n) is 8.81. The van der Waals surface area contributed by atoms with Gasteiger partial charge in [0.05, 0.1) is 18.5 Å². The van der Waals surface area contributed by atoms with E-state index in [-0.39, 0.29) is 17.0 Å². The molecule has 1 aliphatic carbocycles. The fourth-order valence-electron chi connectivity index (χ4n) is 5.06. The molecule has 4 rings (SSSR count). The van der Waals surface area contributed by atoms with Gasteiger partial charge in [0.2, 0.25) is 0 Å². The highest BCUT2D eigenvalue weighted by molar-refractivity contribution is 7.97. The van der Waals surface area contributed by atoms with Crippen LogP contribution in [0.5, 0.6) is 0 Å². The van der Waals surface area contributed by atoms with Gasteiger partial charge >= 0.3 is 0 Å². The first-order chi connectivity index (χ1) is 13.9. The van der Waals surface area contributed by atoms with Gasteiger partial charge in [-0.2, -0.15) is 0 Å². The Bertz CT molecular complexity index is 842. The Morgan fingerprint density at radius 1 is 1.07 bits per heavy atom. The zero-order chi connectivity index (χ0) is 20.6. The molecule has 2 heterocycles. The predicted octanol–water partition coefficient (Wildman–Crippen LogP) is 3.82. The van der Waals surface area contributed by atoms with Crippen LogP contribution in [0.2, 0.25) is 0 Å². The molecule has 2 aliphatic heterocycles. The SMILES string of the molecule is CC#Cc1cc(C)c(C2C(=O)CC3(CCN(SC4COC4)CC3)CC2=O)c(C)c1. The van der Waals surface area contributed by atoms with E-state index >= 15 is 0 Å². The lowest BCUT2D eigenvalue weighted by atomic mass is 9.63. The number of carbonyl (C=O) groups is 2. The highest BCUT2D eigenvalue weighted by atomic mass is 32.2. The van der Waals surface area contributed by atoms with Crippen molar-refractivity contribution in [2.75, 3.05) is 26.3 Å². The Morgan fingerprint density at radius 3 is 2.14 bits per heavy atom. The summed E-state index contributed by atoms with van der Waals surface area (Å²) in [6.07, 6.45) is 2.93. The van der Waals surface area contributed by atoms with Crippen molar-refractivity contribution in [3.05, 3.63) is 34.4 Å². The third kappa shape index (κ3) is 4.17. The van der Waals surface area contributed by atoms with Crippen LogP contribution in [0.25, 0.3) is 0 Å². The van der Waals surface area contributed by atoms with Crippen LogP contribution in [0.15, 0.2) is 12.1 Å². The Balaban J connectivity index is 1.48. The Hall–Kier alpha value is -1.61. The molecule has 0 amide bonds. The lowest BCUT2D eigenvalue weighted by Gasteiger charge is -2.45. The third-order valence-corrected chi connectivity index (χ3v) is 7.82. The molecule has 154 valence electrons. The van der Waals surface area contributed by atoms with E-state index in [1.165, 1.54) is 0 Å². The minimum Gasteiger partial charge on any atom is -0.379 e. The van der Waals surface area contributed by atoms with Crippen molar-refractivity contribution in [1.82, 2.24) is 4.31 Å². The van der Waals surface area contributed by atoms with Crippen molar-refractivity contribution in [2.24, 2.45) is 5.41 Å². The maximum absolute atomic E-state index is 13.2. The minimum absolute atomic E-state index is 0.107. The molecule has 0 bridgehead atoms. The van der Waals surface area contributed by atoms with Gasteiger partial charge in [-0.3, -0.25) is 13.9 Å². The Kier molecular flexibility index (Phi) is 5.88. The number of hydrogen-bond donors (Lipinski definition) is 0. The molecule has 1 saturated carbocycles. The van der Waals surface area contributed by atoms with E-state index in [0.717, 1.165) is 61.4 Å². The molecule has 5 heteroatoms. The molecule has 29 heavy (non-hydrogen) atoms. The molecule has 2 saturated heterocycles. The second-order valence-corrected chi connectivity index (χ2v) is 10.2. The molecule has 1 aromatic rings. The molecule has 4 nitrogen and oxygen atoms in total. The molecule has 1 aromatic carbocycles.